The SMILES string of the molecule is CCOC(=O)C1=C(COC(=O)c2sc3nc4n(c(=O)c3c2C)CCC4)NC(=O)NC1c1ccco1. The van der Waals surface area contributed by atoms with Gasteiger partial charge in [0.1, 0.15) is 33.9 Å². The molecule has 3 aromatic rings. The highest BCUT2D eigenvalue weighted by Gasteiger charge is 2.36. The number of carbonyl (C=O) groups excluding carboxylic acids is 3. The molecule has 2 N–H and O–H groups in total. The third kappa shape index (κ3) is 3.99. The number of hydrogen-bond acceptors (Lipinski definition) is 9. The smallest absolute Gasteiger partial charge is 0.349 e. The Balaban J connectivity index is 1.46. The molecule has 0 saturated heterocycles. The van der Waals surface area contributed by atoms with Crippen LogP contribution in [0.2, 0.25) is 0 Å². The van der Waals surface area contributed by atoms with Gasteiger partial charge >= 0.3 is 18.0 Å². The zero-order chi connectivity index (χ0) is 24.7. The summed E-state index contributed by atoms with van der Waals surface area (Å²) in [6.07, 6.45) is 3.00. The van der Waals surface area contributed by atoms with E-state index in [1.807, 2.05) is 0 Å². The van der Waals surface area contributed by atoms with Crippen molar-refractivity contribution >= 4 is 39.5 Å². The predicted octanol–water partition coefficient (Wildman–Crippen LogP) is 2.33. The van der Waals surface area contributed by atoms with Gasteiger partial charge in [-0.15, -0.1) is 11.3 Å². The number of ether oxygens (including phenoxy) is 2. The predicted molar refractivity (Wildman–Crippen MR) is 124 cm³/mol. The normalized spacial score (nSPS) is 17.2. The van der Waals surface area contributed by atoms with Crippen molar-refractivity contribution in [3.63, 3.8) is 0 Å². The number of rotatable bonds is 6. The van der Waals surface area contributed by atoms with Gasteiger partial charge in [-0.1, -0.05) is 0 Å². The number of furan rings is 1. The Morgan fingerprint density at radius 1 is 1.29 bits per heavy atom. The average molecular weight is 499 g/mol. The van der Waals surface area contributed by atoms with Crippen LogP contribution in [-0.4, -0.2) is 40.7 Å². The Bertz CT molecular complexity index is 1430. The fourth-order valence-corrected chi connectivity index (χ4v) is 5.41. The van der Waals surface area contributed by atoms with Crippen LogP contribution in [0.25, 0.3) is 10.2 Å². The molecular weight excluding hydrogens is 476 g/mol. The number of carbonyl (C=O) groups is 3. The highest BCUT2D eigenvalue weighted by molar-refractivity contribution is 7.20. The molecule has 0 spiro atoms. The summed E-state index contributed by atoms with van der Waals surface area (Å²) in [6, 6.07) is 1.74. The second-order valence-electron chi connectivity index (χ2n) is 8.06. The van der Waals surface area contributed by atoms with Crippen molar-refractivity contribution < 1.29 is 28.3 Å². The van der Waals surface area contributed by atoms with Crippen molar-refractivity contribution in [3.8, 4) is 0 Å². The lowest BCUT2D eigenvalue weighted by Gasteiger charge is -2.27. The number of nitrogens with one attached hydrogen (secondary N) is 2. The molecule has 0 radical (unpaired) electrons. The van der Waals surface area contributed by atoms with Crippen LogP contribution in [0.5, 0.6) is 0 Å². The van der Waals surface area contributed by atoms with Crippen molar-refractivity contribution in [2.24, 2.45) is 0 Å². The van der Waals surface area contributed by atoms with E-state index < -0.39 is 30.6 Å². The quantitative estimate of drug-likeness (QED) is 0.493. The fraction of sp³-hybridized carbons (Fsp3) is 0.348. The average Bonchev–Trinajstić information content (AvgIpc) is 3.58. The first-order valence-corrected chi connectivity index (χ1v) is 11.9. The van der Waals surface area contributed by atoms with E-state index in [4.69, 9.17) is 13.9 Å². The van der Waals surface area contributed by atoms with Crippen LogP contribution in [0.15, 0.2) is 38.9 Å². The van der Waals surface area contributed by atoms with Gasteiger partial charge in [-0.2, -0.15) is 0 Å². The maximum atomic E-state index is 13.0. The summed E-state index contributed by atoms with van der Waals surface area (Å²) in [4.78, 5) is 56.2. The Kier molecular flexibility index (Phi) is 5.89. The third-order valence-corrected chi connectivity index (χ3v) is 7.09. The minimum atomic E-state index is -0.913. The van der Waals surface area contributed by atoms with Crippen LogP contribution in [-0.2, 0) is 27.2 Å². The van der Waals surface area contributed by atoms with E-state index in [0.717, 1.165) is 24.2 Å². The highest BCUT2D eigenvalue weighted by atomic mass is 32.1. The summed E-state index contributed by atoms with van der Waals surface area (Å²) in [5.74, 6) is -0.328. The summed E-state index contributed by atoms with van der Waals surface area (Å²) < 4.78 is 17.7. The van der Waals surface area contributed by atoms with Gasteiger partial charge in [0.2, 0.25) is 0 Å². The molecule has 2 aliphatic rings. The maximum Gasteiger partial charge on any atom is 0.349 e. The molecule has 182 valence electrons. The van der Waals surface area contributed by atoms with E-state index in [1.165, 1.54) is 6.26 Å². The first kappa shape index (κ1) is 22.8. The van der Waals surface area contributed by atoms with Crippen molar-refractivity contribution in [2.75, 3.05) is 13.2 Å². The van der Waals surface area contributed by atoms with E-state index in [1.54, 1.807) is 30.5 Å². The van der Waals surface area contributed by atoms with E-state index in [9.17, 15) is 19.2 Å². The summed E-state index contributed by atoms with van der Waals surface area (Å²) in [6.45, 7) is 3.67. The van der Waals surface area contributed by atoms with Crippen LogP contribution in [0.4, 0.5) is 4.79 Å². The molecule has 0 bridgehead atoms. The van der Waals surface area contributed by atoms with Crippen LogP contribution in [0, 0.1) is 6.92 Å². The Hall–Kier alpha value is -3.93. The van der Waals surface area contributed by atoms with Gasteiger partial charge in [0, 0.05) is 13.0 Å². The zero-order valence-corrected chi connectivity index (χ0v) is 19.8. The summed E-state index contributed by atoms with van der Waals surface area (Å²) in [5, 5.41) is 5.57. The minimum absolute atomic E-state index is 0.0681. The lowest BCUT2D eigenvalue weighted by Crippen LogP contribution is -2.47. The molecule has 1 unspecified atom stereocenters. The van der Waals surface area contributed by atoms with Gasteiger partial charge in [-0.25, -0.2) is 19.4 Å². The molecule has 11 nitrogen and oxygen atoms in total. The standard InChI is InChI=1S/C23H22N4O7S/c1-3-32-21(29)16-12(24-23(31)26-17(16)13-6-5-9-33-13)10-34-22(30)18-11(2)15-19(35-18)25-14-7-4-8-27(14)20(15)28/h5-6,9,17H,3-4,7-8,10H2,1-2H3,(H2,24,26,31). The number of fused-ring (bicyclic) bond motifs is 2. The summed E-state index contributed by atoms with van der Waals surface area (Å²) in [5.41, 5.74) is 0.489. The minimum Gasteiger partial charge on any atom is -0.467 e. The van der Waals surface area contributed by atoms with Gasteiger partial charge in [0.15, 0.2) is 0 Å². The van der Waals surface area contributed by atoms with Crippen LogP contribution < -0.4 is 16.2 Å². The molecule has 3 aromatic heterocycles. The summed E-state index contributed by atoms with van der Waals surface area (Å²) >= 11 is 1.09. The Morgan fingerprint density at radius 3 is 2.86 bits per heavy atom. The van der Waals surface area contributed by atoms with Gasteiger partial charge in [-0.3, -0.25) is 9.36 Å². The fourth-order valence-electron chi connectivity index (χ4n) is 4.32. The number of nitrogens with zero attached hydrogens (tertiary/aromatic N) is 2. The van der Waals surface area contributed by atoms with Crippen LogP contribution in [0.1, 0.15) is 46.2 Å². The molecule has 2 amide bonds. The first-order chi connectivity index (χ1) is 16.9. The van der Waals surface area contributed by atoms with Gasteiger partial charge in [-0.05, 0) is 38.0 Å². The monoisotopic (exact) mass is 498 g/mol. The second kappa shape index (κ2) is 9.02. The zero-order valence-electron chi connectivity index (χ0n) is 19.0. The largest absolute Gasteiger partial charge is 0.467 e. The molecule has 2 aliphatic heterocycles. The molecule has 0 saturated carbocycles. The number of esters is 2. The van der Waals surface area contributed by atoms with Crippen molar-refractivity contribution in [3.05, 3.63) is 62.0 Å². The highest BCUT2D eigenvalue weighted by Crippen LogP contribution is 2.31. The summed E-state index contributed by atoms with van der Waals surface area (Å²) in [7, 11) is 0. The third-order valence-electron chi connectivity index (χ3n) is 5.92. The number of thiophene rings is 1. The van der Waals surface area contributed by atoms with Crippen LogP contribution in [0.3, 0.4) is 0 Å². The van der Waals surface area contributed by atoms with Crippen LogP contribution >= 0.6 is 11.3 Å². The Morgan fingerprint density at radius 2 is 2.11 bits per heavy atom. The number of aryl methyl sites for hydroxylation is 2. The van der Waals surface area contributed by atoms with Crippen molar-refractivity contribution in [1.82, 2.24) is 20.2 Å². The number of urea groups is 1. The van der Waals surface area contributed by atoms with Gasteiger partial charge < -0.3 is 24.5 Å². The van der Waals surface area contributed by atoms with Crippen molar-refractivity contribution in [2.45, 2.75) is 39.3 Å². The molecule has 0 fully saturated rings. The number of amides is 2. The number of hydrogen-bond donors (Lipinski definition) is 2. The molecular formula is C23H22N4O7S. The van der Waals surface area contributed by atoms with Gasteiger partial charge in [0.05, 0.1) is 29.5 Å². The molecule has 0 aliphatic carbocycles. The molecule has 5 rings (SSSR count). The second-order valence-corrected chi connectivity index (χ2v) is 9.06. The van der Waals surface area contributed by atoms with E-state index in [0.29, 0.717) is 33.9 Å². The topological polar surface area (TPSA) is 142 Å². The van der Waals surface area contributed by atoms with E-state index in [2.05, 4.69) is 15.6 Å². The Labute approximate surface area is 202 Å². The van der Waals surface area contributed by atoms with Gasteiger partial charge in [0.25, 0.3) is 5.56 Å². The molecule has 5 heterocycles. The molecule has 35 heavy (non-hydrogen) atoms. The lowest BCUT2D eigenvalue weighted by atomic mass is 10.0. The first-order valence-electron chi connectivity index (χ1n) is 11.1. The molecule has 0 aromatic carbocycles. The maximum absolute atomic E-state index is 13.0. The lowest BCUT2D eigenvalue weighted by molar-refractivity contribution is -0.139. The molecule has 1 atom stereocenters. The molecule has 12 heteroatoms. The number of aromatic nitrogens is 2. The van der Waals surface area contributed by atoms with E-state index in [-0.39, 0.29) is 28.3 Å². The van der Waals surface area contributed by atoms with E-state index >= 15 is 0 Å². The van der Waals surface area contributed by atoms with Crippen molar-refractivity contribution in [1.29, 1.82) is 0 Å².